The number of pyridine rings is 1. The van der Waals surface area contributed by atoms with Crippen molar-refractivity contribution in [1.29, 1.82) is 0 Å². The van der Waals surface area contributed by atoms with E-state index in [4.69, 9.17) is 4.74 Å². The molecule has 0 radical (unpaired) electrons. The van der Waals surface area contributed by atoms with E-state index in [9.17, 15) is 14.7 Å². The first-order valence-corrected chi connectivity index (χ1v) is 11.8. The predicted molar refractivity (Wildman–Crippen MR) is 126 cm³/mol. The standard InChI is InChI=1S/C25H34N4O4/c1-16-6-4-7-19-22(14-17(2)26-24(16)19)33-15-23(31)27-20-8-5-9-21(25(20)32)29-12-10-28(11-13-29)18(3)30/h4,6-7,14,20-21,25,32H,5,8-13,15H2,1-3H3,(H,27,31)/t20-,21-,25-/m1/s1. The fourth-order valence-corrected chi connectivity index (χ4v) is 5.07. The Bertz CT molecular complexity index is 1020. The monoisotopic (exact) mass is 454 g/mol. The summed E-state index contributed by atoms with van der Waals surface area (Å²) < 4.78 is 5.89. The summed E-state index contributed by atoms with van der Waals surface area (Å²) in [7, 11) is 0. The highest BCUT2D eigenvalue weighted by atomic mass is 16.5. The van der Waals surface area contributed by atoms with E-state index in [1.54, 1.807) is 6.92 Å². The molecule has 2 N–H and O–H groups in total. The number of fused-ring (bicyclic) bond motifs is 1. The largest absolute Gasteiger partial charge is 0.483 e. The second-order valence-corrected chi connectivity index (χ2v) is 9.23. The van der Waals surface area contributed by atoms with Gasteiger partial charge in [0.15, 0.2) is 6.61 Å². The highest BCUT2D eigenvalue weighted by Gasteiger charge is 2.37. The number of carbonyl (C=O) groups is 2. The molecule has 2 amide bonds. The van der Waals surface area contributed by atoms with Crippen molar-refractivity contribution in [3.63, 3.8) is 0 Å². The van der Waals surface area contributed by atoms with Crippen LogP contribution in [0.1, 0.15) is 37.4 Å². The summed E-state index contributed by atoms with van der Waals surface area (Å²) in [6, 6.07) is 7.45. The van der Waals surface area contributed by atoms with Gasteiger partial charge in [-0.2, -0.15) is 0 Å². The molecule has 178 valence electrons. The number of hydrogen-bond donors (Lipinski definition) is 2. The van der Waals surface area contributed by atoms with Crippen LogP contribution < -0.4 is 10.1 Å². The number of rotatable bonds is 5. The van der Waals surface area contributed by atoms with Gasteiger partial charge < -0.3 is 20.1 Å². The summed E-state index contributed by atoms with van der Waals surface area (Å²) in [5, 5.41) is 14.9. The first kappa shape index (κ1) is 23.4. The van der Waals surface area contributed by atoms with Crippen molar-refractivity contribution in [2.75, 3.05) is 32.8 Å². The van der Waals surface area contributed by atoms with Gasteiger partial charge in [0.1, 0.15) is 5.75 Å². The fourth-order valence-electron chi connectivity index (χ4n) is 5.07. The number of nitrogens with one attached hydrogen (secondary N) is 1. The predicted octanol–water partition coefficient (Wildman–Crippen LogP) is 1.79. The lowest BCUT2D eigenvalue weighted by atomic mass is 9.86. The van der Waals surface area contributed by atoms with Crippen molar-refractivity contribution in [3.8, 4) is 5.75 Å². The highest BCUT2D eigenvalue weighted by molar-refractivity contribution is 5.88. The Morgan fingerprint density at radius 3 is 2.67 bits per heavy atom. The van der Waals surface area contributed by atoms with Crippen LogP contribution in [-0.4, -0.2) is 82.7 Å². The zero-order chi connectivity index (χ0) is 23.5. The van der Waals surface area contributed by atoms with Gasteiger partial charge in [0.2, 0.25) is 5.91 Å². The third-order valence-electron chi connectivity index (χ3n) is 6.89. The molecular weight excluding hydrogens is 420 g/mol. The topological polar surface area (TPSA) is 95.0 Å². The molecule has 1 saturated heterocycles. The van der Waals surface area contributed by atoms with E-state index in [0.29, 0.717) is 18.8 Å². The van der Waals surface area contributed by atoms with Gasteiger partial charge in [-0.05, 0) is 44.7 Å². The molecule has 2 aliphatic rings. The van der Waals surface area contributed by atoms with Gasteiger partial charge in [-0.1, -0.05) is 12.1 Å². The average Bonchev–Trinajstić information content (AvgIpc) is 2.79. The lowest BCUT2D eigenvalue weighted by Gasteiger charge is -2.45. The van der Waals surface area contributed by atoms with E-state index in [2.05, 4.69) is 15.2 Å². The molecule has 2 aromatic rings. The lowest BCUT2D eigenvalue weighted by Crippen LogP contribution is -2.60. The zero-order valence-corrected chi connectivity index (χ0v) is 19.7. The van der Waals surface area contributed by atoms with Gasteiger partial charge in [-0.15, -0.1) is 0 Å². The van der Waals surface area contributed by atoms with Gasteiger partial charge in [0.05, 0.1) is 17.7 Å². The Hall–Kier alpha value is -2.71. The quantitative estimate of drug-likeness (QED) is 0.715. The Labute approximate surface area is 194 Å². The molecule has 0 spiro atoms. The zero-order valence-electron chi connectivity index (χ0n) is 19.7. The van der Waals surface area contributed by atoms with Crippen LogP contribution in [0.4, 0.5) is 0 Å². The van der Waals surface area contributed by atoms with Crippen molar-refractivity contribution < 1.29 is 19.4 Å². The Morgan fingerprint density at radius 2 is 1.94 bits per heavy atom. The maximum absolute atomic E-state index is 12.7. The van der Waals surface area contributed by atoms with Crippen LogP contribution in [0.2, 0.25) is 0 Å². The van der Waals surface area contributed by atoms with Gasteiger partial charge in [0, 0.05) is 56.3 Å². The number of para-hydroxylation sites is 1. The lowest BCUT2D eigenvalue weighted by molar-refractivity contribution is -0.132. The number of hydrogen-bond acceptors (Lipinski definition) is 6. The average molecular weight is 455 g/mol. The van der Waals surface area contributed by atoms with Crippen LogP contribution in [0.15, 0.2) is 24.3 Å². The molecule has 1 aliphatic heterocycles. The molecular formula is C25H34N4O4. The van der Waals surface area contributed by atoms with Crippen molar-refractivity contribution >= 4 is 22.7 Å². The summed E-state index contributed by atoms with van der Waals surface area (Å²) in [6.45, 7) is 8.26. The number of piperazine rings is 1. The van der Waals surface area contributed by atoms with Crippen LogP contribution in [-0.2, 0) is 9.59 Å². The van der Waals surface area contributed by atoms with Crippen LogP contribution in [0, 0.1) is 13.8 Å². The van der Waals surface area contributed by atoms with Gasteiger partial charge in [-0.25, -0.2) is 0 Å². The summed E-state index contributed by atoms with van der Waals surface area (Å²) in [6.07, 6.45) is 1.94. The number of amides is 2. The van der Waals surface area contributed by atoms with Crippen LogP contribution in [0.3, 0.4) is 0 Å². The Balaban J connectivity index is 1.35. The smallest absolute Gasteiger partial charge is 0.258 e. The maximum Gasteiger partial charge on any atom is 0.258 e. The van der Waals surface area contributed by atoms with E-state index in [1.165, 1.54) is 0 Å². The highest BCUT2D eigenvalue weighted by Crippen LogP contribution is 2.28. The molecule has 1 saturated carbocycles. The molecule has 0 bridgehead atoms. The second kappa shape index (κ2) is 10.1. The number of aliphatic hydroxyl groups is 1. The fraction of sp³-hybridized carbons (Fsp3) is 0.560. The third kappa shape index (κ3) is 5.28. The first-order valence-electron chi connectivity index (χ1n) is 11.8. The number of aryl methyl sites for hydroxylation is 2. The summed E-state index contributed by atoms with van der Waals surface area (Å²) in [5.41, 5.74) is 2.77. The van der Waals surface area contributed by atoms with E-state index >= 15 is 0 Å². The number of aromatic nitrogens is 1. The summed E-state index contributed by atoms with van der Waals surface area (Å²) in [4.78, 5) is 33.0. The number of carbonyl (C=O) groups excluding carboxylic acids is 2. The van der Waals surface area contributed by atoms with Crippen molar-refractivity contribution in [2.45, 2.75) is 58.2 Å². The third-order valence-corrected chi connectivity index (χ3v) is 6.89. The molecule has 33 heavy (non-hydrogen) atoms. The molecule has 1 aromatic carbocycles. The minimum Gasteiger partial charge on any atom is -0.483 e. The molecule has 8 nitrogen and oxygen atoms in total. The van der Waals surface area contributed by atoms with E-state index in [1.807, 2.05) is 43.0 Å². The number of aliphatic hydroxyl groups excluding tert-OH is 1. The number of benzene rings is 1. The van der Waals surface area contributed by atoms with Crippen molar-refractivity contribution in [1.82, 2.24) is 20.1 Å². The van der Waals surface area contributed by atoms with Crippen LogP contribution >= 0.6 is 0 Å². The molecule has 2 fully saturated rings. The molecule has 8 heteroatoms. The van der Waals surface area contributed by atoms with E-state index in [-0.39, 0.29) is 30.5 Å². The normalized spacial score (nSPS) is 24.0. The minimum absolute atomic E-state index is 0.00570. The van der Waals surface area contributed by atoms with Gasteiger partial charge in [0.25, 0.3) is 5.91 Å². The molecule has 1 aliphatic carbocycles. The SMILES string of the molecule is CC(=O)N1CCN([C@@H]2CCC[C@@H](NC(=O)COc3cc(C)nc4c(C)cccc34)[C@H]2O)CC1. The van der Waals surface area contributed by atoms with E-state index in [0.717, 1.165) is 54.5 Å². The molecule has 2 heterocycles. The minimum atomic E-state index is -0.641. The molecule has 4 rings (SSSR count). The van der Waals surface area contributed by atoms with Crippen LogP contribution in [0.5, 0.6) is 5.75 Å². The van der Waals surface area contributed by atoms with Gasteiger partial charge >= 0.3 is 0 Å². The molecule has 0 unspecified atom stereocenters. The van der Waals surface area contributed by atoms with Crippen LogP contribution in [0.25, 0.3) is 10.9 Å². The summed E-state index contributed by atoms with van der Waals surface area (Å²) in [5.74, 6) is 0.495. The van der Waals surface area contributed by atoms with Crippen molar-refractivity contribution in [2.24, 2.45) is 0 Å². The number of nitrogens with zero attached hydrogens (tertiary/aromatic N) is 3. The Morgan fingerprint density at radius 1 is 1.18 bits per heavy atom. The Kier molecular flexibility index (Phi) is 7.14. The number of ether oxygens (including phenoxy) is 1. The van der Waals surface area contributed by atoms with Gasteiger partial charge in [-0.3, -0.25) is 19.5 Å². The molecule has 3 atom stereocenters. The first-order chi connectivity index (χ1) is 15.8. The summed E-state index contributed by atoms with van der Waals surface area (Å²) >= 11 is 0. The maximum atomic E-state index is 12.7. The second-order valence-electron chi connectivity index (χ2n) is 9.23. The van der Waals surface area contributed by atoms with Crippen molar-refractivity contribution in [3.05, 3.63) is 35.5 Å². The molecule has 1 aromatic heterocycles. The van der Waals surface area contributed by atoms with E-state index < -0.39 is 6.10 Å².